The molecule has 93 valence electrons. The highest BCUT2D eigenvalue weighted by atomic mass is 16.3. The molecule has 0 unspecified atom stereocenters. The van der Waals surface area contributed by atoms with Crippen LogP contribution in [0.25, 0.3) is 0 Å². The third kappa shape index (κ3) is 1.48. The van der Waals surface area contributed by atoms with Crippen LogP contribution in [0.15, 0.2) is 0 Å². The molecule has 2 saturated carbocycles. The lowest BCUT2D eigenvalue weighted by atomic mass is 10.0. The van der Waals surface area contributed by atoms with E-state index in [-0.39, 0.29) is 30.3 Å². The number of nitrogens with zero attached hydrogens (tertiary/aromatic N) is 1. The molecule has 5 nitrogen and oxygen atoms in total. The predicted molar refractivity (Wildman–Crippen MR) is 59.3 cm³/mol. The molecule has 3 N–H and O–H groups in total. The van der Waals surface area contributed by atoms with E-state index >= 15 is 0 Å². The fourth-order valence-electron chi connectivity index (χ4n) is 3.22. The molecule has 0 aromatic rings. The summed E-state index contributed by atoms with van der Waals surface area (Å²) >= 11 is 0. The first kappa shape index (κ1) is 11.0. The molecular weight excluding hydrogens is 220 g/mol. The Hall–Kier alpha value is -1.10. The van der Waals surface area contributed by atoms with Crippen molar-refractivity contribution in [3.05, 3.63) is 6.42 Å². The number of amides is 2. The zero-order valence-corrected chi connectivity index (χ0v) is 9.63. The summed E-state index contributed by atoms with van der Waals surface area (Å²) in [6.07, 6.45) is 3.96. The lowest BCUT2D eigenvalue weighted by Gasteiger charge is -2.21. The van der Waals surface area contributed by atoms with Crippen LogP contribution in [-0.2, 0) is 9.59 Å². The van der Waals surface area contributed by atoms with Crippen molar-refractivity contribution in [3.63, 3.8) is 0 Å². The van der Waals surface area contributed by atoms with E-state index in [9.17, 15) is 14.7 Å². The van der Waals surface area contributed by atoms with Gasteiger partial charge in [-0.1, -0.05) is 0 Å². The summed E-state index contributed by atoms with van der Waals surface area (Å²) in [6, 6.07) is 0. The van der Waals surface area contributed by atoms with Gasteiger partial charge in [-0.25, -0.2) is 0 Å². The quantitative estimate of drug-likeness (QED) is 0.668. The van der Waals surface area contributed by atoms with Crippen molar-refractivity contribution in [2.45, 2.75) is 12.8 Å². The number of rotatable bonds is 4. The minimum absolute atomic E-state index is 0.0119. The van der Waals surface area contributed by atoms with Gasteiger partial charge in [0.25, 0.3) is 0 Å². The van der Waals surface area contributed by atoms with Gasteiger partial charge < -0.3 is 15.7 Å². The number of likely N-dealkylation sites (tertiary alicyclic amines) is 1. The standard InChI is InChI=1S/C12H17N2O3/c13-11(17)12-6-14(4-8(12)9(12)5-15)10(16)3-7-1-2-7/h3,7-9,15H,1-2,4-6H2,(H2,13,17)/t8-,9-,12+/m1/s1. The Morgan fingerprint density at radius 1 is 1.47 bits per heavy atom. The molecule has 2 amide bonds. The van der Waals surface area contributed by atoms with E-state index < -0.39 is 5.41 Å². The molecule has 3 fully saturated rings. The van der Waals surface area contributed by atoms with Gasteiger partial charge in [0.15, 0.2) is 0 Å². The summed E-state index contributed by atoms with van der Waals surface area (Å²) in [4.78, 5) is 25.1. The second-order valence-corrected chi connectivity index (χ2v) is 5.52. The number of carbonyl (C=O) groups excluding carboxylic acids is 2. The van der Waals surface area contributed by atoms with Gasteiger partial charge in [-0.05, 0) is 24.7 Å². The summed E-state index contributed by atoms with van der Waals surface area (Å²) in [5.41, 5.74) is 4.78. The summed E-state index contributed by atoms with van der Waals surface area (Å²) in [7, 11) is 0. The largest absolute Gasteiger partial charge is 0.396 e. The molecule has 5 heteroatoms. The van der Waals surface area contributed by atoms with Crippen LogP contribution in [0.5, 0.6) is 0 Å². The first-order chi connectivity index (χ1) is 8.09. The lowest BCUT2D eigenvalue weighted by Crippen LogP contribution is -2.39. The van der Waals surface area contributed by atoms with Gasteiger partial charge in [0.05, 0.1) is 11.8 Å². The predicted octanol–water partition coefficient (Wildman–Crippen LogP) is -0.847. The number of nitrogens with two attached hydrogens (primary N) is 1. The summed E-state index contributed by atoms with van der Waals surface area (Å²) < 4.78 is 0. The Kier molecular flexibility index (Phi) is 2.23. The molecule has 2 aliphatic carbocycles. The van der Waals surface area contributed by atoms with Crippen molar-refractivity contribution in [1.29, 1.82) is 0 Å². The third-order valence-electron chi connectivity index (χ3n) is 4.54. The zero-order valence-electron chi connectivity index (χ0n) is 9.63. The van der Waals surface area contributed by atoms with Crippen molar-refractivity contribution in [3.8, 4) is 0 Å². The monoisotopic (exact) mass is 237 g/mol. The highest BCUT2D eigenvalue weighted by molar-refractivity contribution is 5.90. The molecule has 1 radical (unpaired) electrons. The molecular formula is C12H17N2O3. The Balaban J connectivity index is 1.66. The molecule has 0 aromatic heterocycles. The van der Waals surface area contributed by atoms with Gasteiger partial charge in [0.1, 0.15) is 0 Å². The molecule has 1 aliphatic heterocycles. The Morgan fingerprint density at radius 2 is 2.18 bits per heavy atom. The maximum atomic E-state index is 11.9. The van der Waals surface area contributed by atoms with E-state index in [0.717, 1.165) is 12.8 Å². The van der Waals surface area contributed by atoms with E-state index in [1.54, 1.807) is 11.3 Å². The second-order valence-electron chi connectivity index (χ2n) is 5.52. The van der Waals surface area contributed by atoms with E-state index in [1.807, 2.05) is 0 Å². The van der Waals surface area contributed by atoms with Crippen LogP contribution in [0, 0.1) is 29.6 Å². The number of piperidine rings is 1. The van der Waals surface area contributed by atoms with E-state index in [1.165, 1.54) is 0 Å². The van der Waals surface area contributed by atoms with Crippen LogP contribution in [0.3, 0.4) is 0 Å². The summed E-state index contributed by atoms with van der Waals surface area (Å²) in [5.74, 6) is 0.129. The first-order valence-electron chi connectivity index (χ1n) is 6.14. The van der Waals surface area contributed by atoms with Crippen LogP contribution in [0.2, 0.25) is 0 Å². The Morgan fingerprint density at radius 3 is 2.65 bits per heavy atom. The number of carbonyl (C=O) groups is 2. The molecule has 1 saturated heterocycles. The lowest BCUT2D eigenvalue weighted by molar-refractivity contribution is -0.129. The van der Waals surface area contributed by atoms with Crippen molar-refractivity contribution in [2.75, 3.05) is 19.7 Å². The van der Waals surface area contributed by atoms with Crippen molar-refractivity contribution < 1.29 is 14.7 Å². The molecule has 3 atom stereocenters. The van der Waals surface area contributed by atoms with Gasteiger partial charge in [-0.3, -0.25) is 9.59 Å². The van der Waals surface area contributed by atoms with Crippen molar-refractivity contribution >= 4 is 11.8 Å². The molecule has 0 bridgehead atoms. The van der Waals surface area contributed by atoms with E-state index in [2.05, 4.69) is 0 Å². The maximum Gasteiger partial charge on any atom is 0.226 e. The van der Waals surface area contributed by atoms with Gasteiger partial charge >= 0.3 is 0 Å². The smallest absolute Gasteiger partial charge is 0.226 e. The average Bonchev–Trinajstić information content (AvgIpc) is 3.17. The van der Waals surface area contributed by atoms with Crippen LogP contribution < -0.4 is 5.73 Å². The first-order valence-corrected chi connectivity index (χ1v) is 6.14. The van der Waals surface area contributed by atoms with Crippen LogP contribution >= 0.6 is 0 Å². The number of hydrogen-bond donors (Lipinski definition) is 2. The molecule has 3 rings (SSSR count). The minimum atomic E-state index is -0.637. The topological polar surface area (TPSA) is 83.6 Å². The summed E-state index contributed by atoms with van der Waals surface area (Å²) in [6.45, 7) is 0.943. The molecule has 0 spiro atoms. The SMILES string of the molecule is NC(=O)[C@@]12CN(C(=O)[CH]C3CC3)C[C@@H]1[C@H]2CO. The number of fused-ring (bicyclic) bond motifs is 1. The Labute approximate surface area is 100.0 Å². The number of aliphatic hydroxyl groups excluding tert-OH is 1. The van der Waals surface area contributed by atoms with Gasteiger partial charge in [-0.2, -0.15) is 0 Å². The minimum Gasteiger partial charge on any atom is -0.396 e. The summed E-state index contributed by atoms with van der Waals surface area (Å²) in [5, 5.41) is 9.19. The van der Waals surface area contributed by atoms with Crippen LogP contribution in [-0.4, -0.2) is 41.5 Å². The maximum absolute atomic E-state index is 11.9. The zero-order chi connectivity index (χ0) is 12.2. The molecule has 17 heavy (non-hydrogen) atoms. The highest BCUT2D eigenvalue weighted by Gasteiger charge is 2.72. The number of aliphatic hydroxyl groups is 1. The molecule has 3 aliphatic rings. The Bertz CT molecular complexity index is 380. The van der Waals surface area contributed by atoms with Crippen molar-refractivity contribution in [1.82, 2.24) is 4.90 Å². The van der Waals surface area contributed by atoms with Crippen LogP contribution in [0.1, 0.15) is 12.8 Å². The highest BCUT2D eigenvalue weighted by Crippen LogP contribution is 2.62. The fourth-order valence-corrected chi connectivity index (χ4v) is 3.22. The van der Waals surface area contributed by atoms with Gasteiger partial charge in [0, 0.05) is 25.6 Å². The number of primary amides is 1. The van der Waals surface area contributed by atoms with Gasteiger partial charge in [-0.15, -0.1) is 0 Å². The third-order valence-corrected chi connectivity index (χ3v) is 4.54. The van der Waals surface area contributed by atoms with E-state index in [4.69, 9.17) is 5.73 Å². The van der Waals surface area contributed by atoms with Crippen LogP contribution in [0.4, 0.5) is 0 Å². The van der Waals surface area contributed by atoms with E-state index in [0.29, 0.717) is 19.0 Å². The second kappa shape index (κ2) is 3.45. The normalized spacial score (nSPS) is 39.0. The van der Waals surface area contributed by atoms with Gasteiger partial charge in [0.2, 0.25) is 11.8 Å². The molecule has 0 aromatic carbocycles. The molecule has 1 heterocycles. The van der Waals surface area contributed by atoms with Crippen molar-refractivity contribution in [2.24, 2.45) is 28.9 Å². The fraction of sp³-hybridized carbons (Fsp3) is 0.750. The number of hydrogen-bond acceptors (Lipinski definition) is 3. The average molecular weight is 237 g/mol.